The van der Waals surface area contributed by atoms with Crippen molar-refractivity contribution in [2.45, 2.75) is 18.0 Å². The zero-order valence-corrected chi connectivity index (χ0v) is 16.1. The fourth-order valence-corrected chi connectivity index (χ4v) is 4.09. The maximum atomic E-state index is 12.5. The molecule has 0 saturated heterocycles. The third kappa shape index (κ3) is 3.80. The zero-order valence-electron chi connectivity index (χ0n) is 15.3. The van der Waals surface area contributed by atoms with Gasteiger partial charge in [-0.3, -0.25) is 19.5 Å². The van der Waals surface area contributed by atoms with Gasteiger partial charge in [0, 0.05) is 12.7 Å². The van der Waals surface area contributed by atoms with Gasteiger partial charge >= 0.3 is 0 Å². The van der Waals surface area contributed by atoms with Crippen LogP contribution in [0.1, 0.15) is 32.0 Å². The Morgan fingerprint density at radius 2 is 1.55 bits per heavy atom. The maximum absolute atomic E-state index is 12.5. The smallest absolute Gasteiger partial charge is 0.268 e. The Morgan fingerprint density at radius 3 is 2.24 bits per heavy atom. The number of rotatable bonds is 6. The second kappa shape index (κ2) is 7.57. The van der Waals surface area contributed by atoms with E-state index in [4.69, 9.17) is 0 Å². The van der Waals surface area contributed by atoms with Gasteiger partial charge in [0.25, 0.3) is 11.8 Å². The van der Waals surface area contributed by atoms with Crippen molar-refractivity contribution in [3.05, 3.63) is 95.3 Å². The average molecular weight is 407 g/mol. The van der Waals surface area contributed by atoms with Crippen LogP contribution in [0.25, 0.3) is 0 Å². The largest absolute Gasteiger partial charge is 0.280 e. The molecular formula is C21H17N3O4S. The van der Waals surface area contributed by atoms with Crippen LogP contribution in [-0.2, 0) is 23.1 Å². The van der Waals surface area contributed by atoms with Gasteiger partial charge in [-0.2, -0.15) is 0 Å². The van der Waals surface area contributed by atoms with Gasteiger partial charge in [0.05, 0.1) is 17.0 Å². The van der Waals surface area contributed by atoms with Crippen molar-refractivity contribution in [3.63, 3.8) is 0 Å². The Hall–Kier alpha value is -3.36. The summed E-state index contributed by atoms with van der Waals surface area (Å²) in [5.41, 5.74) is 1.91. The third-order valence-electron chi connectivity index (χ3n) is 4.61. The molecule has 0 atom stereocenters. The lowest BCUT2D eigenvalue weighted by Gasteiger charge is -2.14. The Morgan fingerprint density at radius 1 is 0.828 bits per heavy atom. The first-order valence-corrected chi connectivity index (χ1v) is 10.4. The summed E-state index contributed by atoms with van der Waals surface area (Å²) in [5.74, 6) is -0.855. The van der Waals surface area contributed by atoms with Crippen LogP contribution in [0.15, 0.2) is 77.8 Å². The Bertz CT molecular complexity index is 1140. The number of nitrogens with one attached hydrogen (secondary N) is 1. The molecule has 8 heteroatoms. The number of carbonyl (C=O) groups excluding carboxylic acids is 2. The number of carbonyl (C=O) groups is 2. The molecule has 4 rings (SSSR count). The van der Waals surface area contributed by atoms with Crippen LogP contribution in [0.4, 0.5) is 0 Å². The Balaban J connectivity index is 1.46. The van der Waals surface area contributed by atoms with E-state index in [-0.39, 0.29) is 29.2 Å². The fraction of sp³-hybridized carbons (Fsp3) is 0.0952. The highest BCUT2D eigenvalue weighted by molar-refractivity contribution is 7.89. The molecule has 2 heterocycles. The lowest BCUT2D eigenvalue weighted by atomic mass is 10.2. The molecule has 0 aliphatic carbocycles. The first kappa shape index (κ1) is 19.0. The average Bonchev–Trinajstić information content (AvgIpc) is 2.99. The second-order valence-electron chi connectivity index (χ2n) is 6.55. The predicted octanol–water partition coefficient (Wildman–Crippen LogP) is 2.36. The van der Waals surface area contributed by atoms with E-state index in [2.05, 4.69) is 9.71 Å². The van der Waals surface area contributed by atoms with E-state index >= 15 is 0 Å². The van der Waals surface area contributed by atoms with Crippen LogP contribution in [-0.4, -0.2) is 30.1 Å². The number of imide groups is 1. The van der Waals surface area contributed by atoms with Gasteiger partial charge in [0.15, 0.2) is 0 Å². The molecule has 0 fully saturated rings. The van der Waals surface area contributed by atoms with Crippen molar-refractivity contribution >= 4 is 21.8 Å². The molecule has 7 nitrogen and oxygen atoms in total. The molecule has 1 N–H and O–H groups in total. The van der Waals surface area contributed by atoms with Crippen LogP contribution in [0.2, 0.25) is 0 Å². The van der Waals surface area contributed by atoms with Gasteiger partial charge in [-0.1, -0.05) is 42.5 Å². The van der Waals surface area contributed by atoms with Gasteiger partial charge in [-0.15, -0.1) is 0 Å². The van der Waals surface area contributed by atoms with Gasteiger partial charge in [0.2, 0.25) is 10.0 Å². The minimum Gasteiger partial charge on any atom is -0.268 e. The molecule has 0 radical (unpaired) electrons. The normalized spacial score (nSPS) is 13.6. The highest BCUT2D eigenvalue weighted by Crippen LogP contribution is 2.23. The summed E-state index contributed by atoms with van der Waals surface area (Å²) in [6.07, 6.45) is 1.47. The molecule has 2 amide bonds. The molecule has 146 valence electrons. The summed E-state index contributed by atoms with van der Waals surface area (Å²) in [6, 6.07) is 18.5. The highest BCUT2D eigenvalue weighted by Gasteiger charge is 2.36. The second-order valence-corrected chi connectivity index (χ2v) is 8.32. The van der Waals surface area contributed by atoms with Crippen LogP contribution in [0.5, 0.6) is 0 Å². The van der Waals surface area contributed by atoms with Crippen molar-refractivity contribution < 1.29 is 18.0 Å². The number of sulfonamides is 1. The lowest BCUT2D eigenvalue weighted by Crippen LogP contribution is -2.29. The van der Waals surface area contributed by atoms with Crippen LogP contribution < -0.4 is 4.72 Å². The number of aromatic nitrogens is 1. The monoisotopic (exact) mass is 407 g/mol. The van der Waals surface area contributed by atoms with E-state index in [1.807, 2.05) is 30.3 Å². The van der Waals surface area contributed by atoms with E-state index in [1.54, 1.807) is 24.3 Å². The molecule has 29 heavy (non-hydrogen) atoms. The molecule has 2 aromatic carbocycles. The third-order valence-corrected chi connectivity index (χ3v) is 6.03. The van der Waals surface area contributed by atoms with E-state index in [0.717, 1.165) is 10.5 Å². The standard InChI is InChI=1S/C21H17N3O4S/c25-20-18-7-4-12-22-19(18)21(26)24(20)14-16-8-10-17(11-9-16)29(27,28)23-13-15-5-2-1-3-6-15/h1-12,23H,13-14H2. The minimum atomic E-state index is -3.68. The molecule has 1 aliphatic heterocycles. The highest BCUT2D eigenvalue weighted by atomic mass is 32.2. The summed E-state index contributed by atoms with van der Waals surface area (Å²) < 4.78 is 27.5. The number of benzene rings is 2. The minimum absolute atomic E-state index is 0.0474. The number of amides is 2. The van der Waals surface area contributed by atoms with Gasteiger partial charge in [-0.25, -0.2) is 13.1 Å². The van der Waals surface area contributed by atoms with Crippen molar-refractivity contribution in [1.82, 2.24) is 14.6 Å². The van der Waals surface area contributed by atoms with Gasteiger partial charge < -0.3 is 0 Å². The molecular weight excluding hydrogens is 390 g/mol. The first-order chi connectivity index (χ1) is 14.0. The summed E-state index contributed by atoms with van der Waals surface area (Å²) in [7, 11) is -3.68. The number of hydrogen-bond acceptors (Lipinski definition) is 5. The van der Waals surface area contributed by atoms with Crippen LogP contribution in [0, 0.1) is 0 Å². The van der Waals surface area contributed by atoms with E-state index in [0.29, 0.717) is 5.56 Å². The van der Waals surface area contributed by atoms with Crippen molar-refractivity contribution in [1.29, 1.82) is 0 Å². The summed E-state index contributed by atoms with van der Waals surface area (Å²) >= 11 is 0. The SMILES string of the molecule is O=C1c2cccnc2C(=O)N1Cc1ccc(S(=O)(=O)NCc2ccccc2)cc1. The molecule has 1 aliphatic rings. The van der Waals surface area contributed by atoms with Crippen molar-refractivity contribution in [2.24, 2.45) is 0 Å². The number of nitrogens with zero attached hydrogens (tertiary/aromatic N) is 2. The zero-order chi connectivity index (χ0) is 20.4. The summed E-state index contributed by atoms with van der Waals surface area (Å²) in [4.78, 5) is 30.0. The van der Waals surface area contributed by atoms with Crippen molar-refractivity contribution in [3.8, 4) is 0 Å². The molecule has 3 aromatic rings. The molecule has 0 bridgehead atoms. The molecule has 0 saturated carbocycles. The number of hydrogen-bond donors (Lipinski definition) is 1. The number of pyridine rings is 1. The van der Waals surface area contributed by atoms with Crippen LogP contribution in [0.3, 0.4) is 0 Å². The maximum Gasteiger partial charge on any atom is 0.280 e. The van der Waals surface area contributed by atoms with Crippen LogP contribution >= 0.6 is 0 Å². The molecule has 0 spiro atoms. The number of fused-ring (bicyclic) bond motifs is 1. The molecule has 0 unspecified atom stereocenters. The predicted molar refractivity (Wildman–Crippen MR) is 105 cm³/mol. The fourth-order valence-electron chi connectivity index (χ4n) is 3.07. The topological polar surface area (TPSA) is 96.4 Å². The first-order valence-electron chi connectivity index (χ1n) is 8.89. The van der Waals surface area contributed by atoms with E-state index in [1.165, 1.54) is 18.3 Å². The van der Waals surface area contributed by atoms with E-state index in [9.17, 15) is 18.0 Å². The lowest BCUT2D eigenvalue weighted by molar-refractivity contribution is 0.0640. The van der Waals surface area contributed by atoms with Gasteiger partial charge in [-0.05, 0) is 35.4 Å². The summed E-state index contributed by atoms with van der Waals surface area (Å²) in [6.45, 7) is 0.235. The van der Waals surface area contributed by atoms with Crippen molar-refractivity contribution in [2.75, 3.05) is 0 Å². The Kier molecular flexibility index (Phi) is 4.96. The van der Waals surface area contributed by atoms with E-state index < -0.39 is 21.8 Å². The summed E-state index contributed by atoms with van der Waals surface area (Å²) in [5, 5.41) is 0. The van der Waals surface area contributed by atoms with Gasteiger partial charge in [0.1, 0.15) is 5.69 Å². The Labute approximate surface area is 168 Å². The quantitative estimate of drug-likeness (QED) is 0.633. The molecule has 1 aromatic heterocycles.